The Hall–Kier alpha value is -3.30. The third-order valence-corrected chi connectivity index (χ3v) is 4.31. The molecule has 0 radical (unpaired) electrons. The van der Waals surface area contributed by atoms with Crippen LogP contribution in [0.4, 0.5) is 27.6 Å². The minimum atomic E-state index is -1.80. The fourth-order valence-electron chi connectivity index (χ4n) is 2.75. The molecule has 2 aromatic rings. The molecule has 152 valence electrons. The lowest BCUT2D eigenvalue weighted by molar-refractivity contribution is -0.119. The number of carbonyl (C=O) groups is 2. The van der Waals surface area contributed by atoms with Crippen LogP contribution in [-0.4, -0.2) is 17.5 Å². The zero-order valence-corrected chi connectivity index (χ0v) is 15.0. The Morgan fingerprint density at radius 1 is 1.03 bits per heavy atom. The molecule has 1 aliphatic heterocycles. The quantitative estimate of drug-likeness (QED) is 0.616. The second-order valence-electron chi connectivity index (χ2n) is 6.32. The molecular weight excluding hydrogens is 397 g/mol. The van der Waals surface area contributed by atoms with Crippen molar-refractivity contribution in [2.45, 2.75) is 25.8 Å². The number of rotatable bonds is 4. The number of anilines is 1. The normalized spacial score (nSPS) is 15.2. The summed E-state index contributed by atoms with van der Waals surface area (Å²) in [6, 6.07) is 4.76. The maximum absolute atomic E-state index is 14.0. The monoisotopic (exact) mass is 411 g/mol. The molecule has 0 bridgehead atoms. The molecule has 1 N–H and O–H groups in total. The van der Waals surface area contributed by atoms with Crippen LogP contribution in [0.2, 0.25) is 0 Å². The minimum Gasteiger partial charge on any atom is -0.344 e. The highest BCUT2D eigenvalue weighted by Gasteiger charge is 2.32. The molecule has 0 aliphatic carbocycles. The molecule has 2 aromatic carbocycles. The fraction of sp³-hybridized carbons (Fsp3) is 0.211. The van der Waals surface area contributed by atoms with Crippen LogP contribution < -0.4 is 10.3 Å². The fourth-order valence-corrected chi connectivity index (χ4v) is 2.75. The molecule has 3 rings (SSSR count). The van der Waals surface area contributed by atoms with Gasteiger partial charge < -0.3 is 5.32 Å². The van der Waals surface area contributed by atoms with E-state index in [9.17, 15) is 31.5 Å². The van der Waals surface area contributed by atoms with Crippen molar-refractivity contribution in [3.05, 3.63) is 65.0 Å². The van der Waals surface area contributed by atoms with Gasteiger partial charge in [0.1, 0.15) is 17.2 Å². The van der Waals surface area contributed by atoms with Gasteiger partial charge in [0.25, 0.3) is 5.91 Å². The average molecular weight is 411 g/mol. The smallest absolute Gasteiger partial charge is 0.267 e. The molecule has 0 unspecified atom stereocenters. The van der Waals surface area contributed by atoms with Crippen molar-refractivity contribution in [2.24, 2.45) is 5.10 Å². The van der Waals surface area contributed by atoms with Crippen molar-refractivity contribution in [1.29, 1.82) is 0 Å². The van der Waals surface area contributed by atoms with Crippen LogP contribution in [0, 0.1) is 29.1 Å². The zero-order valence-electron chi connectivity index (χ0n) is 15.0. The molecule has 0 aromatic heterocycles. The van der Waals surface area contributed by atoms with Gasteiger partial charge in [0, 0.05) is 18.9 Å². The van der Waals surface area contributed by atoms with Gasteiger partial charge in [-0.2, -0.15) is 10.1 Å². The van der Waals surface area contributed by atoms with E-state index < -0.39 is 52.6 Å². The first-order chi connectivity index (χ1) is 13.7. The number of benzene rings is 2. The maximum atomic E-state index is 14.0. The van der Waals surface area contributed by atoms with Gasteiger partial charge in [0.05, 0.1) is 6.04 Å². The van der Waals surface area contributed by atoms with Gasteiger partial charge in [-0.1, -0.05) is 12.1 Å². The average Bonchev–Trinajstić information content (AvgIpc) is 2.68. The van der Waals surface area contributed by atoms with Crippen LogP contribution in [-0.2, 0) is 9.59 Å². The molecule has 0 saturated carbocycles. The second kappa shape index (κ2) is 7.98. The highest BCUT2D eigenvalue weighted by atomic mass is 19.2. The Balaban J connectivity index is 1.88. The number of nitrogens with one attached hydrogen (secondary N) is 1. The summed E-state index contributed by atoms with van der Waals surface area (Å²) in [5.74, 6) is -9.16. The summed E-state index contributed by atoms with van der Waals surface area (Å²) in [5, 5.41) is 6.32. The Morgan fingerprint density at radius 2 is 1.62 bits per heavy atom. The van der Waals surface area contributed by atoms with Crippen LogP contribution in [0.5, 0.6) is 0 Å². The van der Waals surface area contributed by atoms with Crippen molar-refractivity contribution in [3.8, 4) is 0 Å². The highest BCUT2D eigenvalue weighted by Crippen LogP contribution is 2.30. The van der Waals surface area contributed by atoms with Gasteiger partial charge in [0.15, 0.2) is 23.3 Å². The lowest BCUT2D eigenvalue weighted by Gasteiger charge is -2.24. The number of hydrogen-bond acceptors (Lipinski definition) is 3. The lowest BCUT2D eigenvalue weighted by atomic mass is 10.1. The van der Waals surface area contributed by atoms with Gasteiger partial charge in [-0.3, -0.25) is 9.59 Å². The van der Waals surface area contributed by atoms with Crippen LogP contribution in [0.25, 0.3) is 0 Å². The number of hydrazone groups is 1. The minimum absolute atomic E-state index is 0.00426. The van der Waals surface area contributed by atoms with Crippen LogP contribution in [0.1, 0.15) is 31.4 Å². The predicted octanol–water partition coefficient (Wildman–Crippen LogP) is 3.74. The van der Waals surface area contributed by atoms with Gasteiger partial charge in [-0.25, -0.2) is 22.0 Å². The van der Waals surface area contributed by atoms with E-state index in [1.807, 2.05) is 0 Å². The summed E-state index contributed by atoms with van der Waals surface area (Å²) in [6.07, 6.45) is -0.494. The summed E-state index contributed by atoms with van der Waals surface area (Å²) >= 11 is 0. The third kappa shape index (κ3) is 4.10. The first kappa shape index (κ1) is 20.4. The van der Waals surface area contributed by atoms with Crippen LogP contribution in [0.15, 0.2) is 35.4 Å². The summed E-state index contributed by atoms with van der Waals surface area (Å²) < 4.78 is 68.0. The van der Waals surface area contributed by atoms with E-state index in [2.05, 4.69) is 10.4 Å². The van der Waals surface area contributed by atoms with Crippen molar-refractivity contribution >= 4 is 23.2 Å². The molecule has 0 spiro atoms. The molecule has 10 heteroatoms. The molecule has 1 aliphatic rings. The van der Waals surface area contributed by atoms with Gasteiger partial charge in [-0.15, -0.1) is 0 Å². The van der Waals surface area contributed by atoms with E-state index in [-0.39, 0.29) is 29.6 Å². The molecule has 29 heavy (non-hydrogen) atoms. The predicted molar refractivity (Wildman–Crippen MR) is 93.4 cm³/mol. The highest BCUT2D eigenvalue weighted by molar-refractivity contribution is 6.40. The van der Waals surface area contributed by atoms with Crippen molar-refractivity contribution in [3.63, 3.8) is 0 Å². The van der Waals surface area contributed by atoms with Crippen molar-refractivity contribution < 1.29 is 31.5 Å². The maximum Gasteiger partial charge on any atom is 0.267 e. The van der Waals surface area contributed by atoms with E-state index in [0.717, 1.165) is 0 Å². The summed E-state index contributed by atoms with van der Waals surface area (Å²) in [7, 11) is 0. The Morgan fingerprint density at radius 3 is 2.21 bits per heavy atom. The van der Waals surface area contributed by atoms with Crippen LogP contribution >= 0.6 is 0 Å². The number of carbonyl (C=O) groups excluding carboxylic acids is 2. The molecule has 5 nitrogen and oxygen atoms in total. The summed E-state index contributed by atoms with van der Waals surface area (Å²) in [6.45, 7) is 1.61. The summed E-state index contributed by atoms with van der Waals surface area (Å²) in [4.78, 5) is 24.5. The first-order valence-electron chi connectivity index (χ1n) is 8.48. The third-order valence-electron chi connectivity index (χ3n) is 4.31. The molecular formula is C19H14F5N3O2. The number of amides is 2. The topological polar surface area (TPSA) is 61.8 Å². The lowest BCUT2D eigenvalue weighted by Crippen LogP contribution is -2.40. The Labute approximate surface area is 161 Å². The van der Waals surface area contributed by atoms with Crippen molar-refractivity contribution in [2.75, 3.05) is 5.01 Å². The second-order valence-corrected chi connectivity index (χ2v) is 6.32. The van der Waals surface area contributed by atoms with Crippen LogP contribution in [0.3, 0.4) is 0 Å². The molecule has 0 saturated heterocycles. The summed E-state index contributed by atoms with van der Waals surface area (Å²) in [5.41, 5.74) is -1.01. The Kier molecular flexibility index (Phi) is 5.62. The largest absolute Gasteiger partial charge is 0.344 e. The first-order valence-corrected chi connectivity index (χ1v) is 8.48. The molecule has 1 heterocycles. The molecule has 2 amide bonds. The standard InChI is InChI=1S/C19H14F5N3O2/c1-9(10-2-4-11(20)5-3-10)25-19(29)14-6-7-15(28)27(26-14)18-16(23)12(21)8-13(22)17(18)24/h2-5,8-9H,6-7H2,1H3,(H,25,29)/t9-/m1/s1. The zero-order chi connectivity index (χ0) is 21.3. The van der Waals surface area contributed by atoms with E-state index in [1.54, 1.807) is 6.92 Å². The number of halogens is 5. The number of hydrogen-bond donors (Lipinski definition) is 1. The Bertz CT molecular complexity index is 982. The van der Waals surface area contributed by atoms with E-state index >= 15 is 0 Å². The SMILES string of the molecule is C[C@@H](NC(=O)C1=NN(c2c(F)c(F)cc(F)c2F)C(=O)CC1)c1ccc(F)cc1. The number of nitrogens with zero attached hydrogens (tertiary/aromatic N) is 2. The van der Waals surface area contributed by atoms with Gasteiger partial charge in [0.2, 0.25) is 5.91 Å². The van der Waals surface area contributed by atoms with E-state index in [0.29, 0.717) is 5.56 Å². The molecule has 0 fully saturated rings. The van der Waals surface area contributed by atoms with Gasteiger partial charge >= 0.3 is 0 Å². The van der Waals surface area contributed by atoms with E-state index in [4.69, 9.17) is 0 Å². The van der Waals surface area contributed by atoms with E-state index in [1.165, 1.54) is 24.3 Å². The van der Waals surface area contributed by atoms with Gasteiger partial charge in [-0.05, 0) is 24.6 Å². The van der Waals surface area contributed by atoms with Crippen molar-refractivity contribution in [1.82, 2.24) is 5.32 Å². The molecule has 1 atom stereocenters.